The Labute approximate surface area is 152 Å². The van der Waals surface area contributed by atoms with E-state index in [-0.39, 0.29) is 11.7 Å². The SMILES string of the molecule is COc1cc2c(c(OC)c1OC)C(c1cc(Cl)ccc1C)CC(=O)C2. The first-order valence-corrected chi connectivity index (χ1v) is 8.47. The highest BCUT2D eigenvalue weighted by molar-refractivity contribution is 6.30. The van der Waals surface area contributed by atoms with Crippen LogP contribution in [-0.2, 0) is 11.2 Å². The Balaban J connectivity index is 2.29. The van der Waals surface area contributed by atoms with Crippen LogP contribution in [0.3, 0.4) is 0 Å². The van der Waals surface area contributed by atoms with Crippen LogP contribution in [0.4, 0.5) is 0 Å². The molecule has 0 N–H and O–H groups in total. The first kappa shape index (κ1) is 17.6. The number of ether oxygens (including phenoxy) is 3. The van der Waals surface area contributed by atoms with E-state index in [0.29, 0.717) is 35.1 Å². The lowest BCUT2D eigenvalue weighted by molar-refractivity contribution is -0.119. The lowest BCUT2D eigenvalue weighted by Crippen LogP contribution is -2.21. The molecule has 1 aliphatic rings. The normalized spacial score (nSPS) is 16.4. The third-order valence-electron chi connectivity index (χ3n) is 4.74. The van der Waals surface area contributed by atoms with Crippen LogP contribution in [0.1, 0.15) is 34.6 Å². The summed E-state index contributed by atoms with van der Waals surface area (Å²) in [5.41, 5.74) is 4.01. The van der Waals surface area contributed by atoms with Crippen molar-refractivity contribution in [2.75, 3.05) is 21.3 Å². The van der Waals surface area contributed by atoms with Crippen molar-refractivity contribution in [2.24, 2.45) is 0 Å². The Hall–Kier alpha value is -2.20. The minimum Gasteiger partial charge on any atom is -0.493 e. The fourth-order valence-electron chi connectivity index (χ4n) is 3.62. The Morgan fingerprint density at radius 1 is 1.04 bits per heavy atom. The molecule has 0 aromatic heterocycles. The molecule has 3 rings (SSSR count). The van der Waals surface area contributed by atoms with Crippen molar-refractivity contribution in [1.29, 1.82) is 0 Å². The summed E-state index contributed by atoms with van der Waals surface area (Å²) in [6, 6.07) is 7.64. The van der Waals surface area contributed by atoms with Gasteiger partial charge in [0.2, 0.25) is 5.75 Å². The predicted molar refractivity (Wildman–Crippen MR) is 97.5 cm³/mol. The van der Waals surface area contributed by atoms with Crippen molar-refractivity contribution in [3.05, 3.63) is 51.5 Å². The minimum absolute atomic E-state index is 0.121. The first-order chi connectivity index (χ1) is 12.0. The van der Waals surface area contributed by atoms with Gasteiger partial charge < -0.3 is 14.2 Å². The Kier molecular flexibility index (Phi) is 4.91. The summed E-state index contributed by atoms with van der Waals surface area (Å²) in [6.45, 7) is 2.03. The van der Waals surface area contributed by atoms with Crippen LogP contribution < -0.4 is 14.2 Å². The third kappa shape index (κ3) is 3.07. The number of hydrogen-bond donors (Lipinski definition) is 0. The molecule has 1 atom stereocenters. The Morgan fingerprint density at radius 3 is 2.40 bits per heavy atom. The van der Waals surface area contributed by atoms with Crippen LogP contribution in [0.2, 0.25) is 5.02 Å². The fraction of sp³-hybridized carbons (Fsp3) is 0.350. The summed E-state index contributed by atoms with van der Waals surface area (Å²) in [5.74, 6) is 1.79. The molecule has 0 spiro atoms. The van der Waals surface area contributed by atoms with Crippen molar-refractivity contribution in [1.82, 2.24) is 0 Å². The lowest BCUT2D eigenvalue weighted by Gasteiger charge is -2.30. The molecule has 25 heavy (non-hydrogen) atoms. The predicted octanol–water partition coefficient (Wildman–Crippen LogP) is 4.32. The maximum absolute atomic E-state index is 12.4. The molecule has 5 heteroatoms. The van der Waals surface area contributed by atoms with Gasteiger partial charge in [-0.1, -0.05) is 17.7 Å². The quantitative estimate of drug-likeness (QED) is 0.814. The number of hydrogen-bond acceptors (Lipinski definition) is 4. The number of benzene rings is 2. The molecule has 0 bridgehead atoms. The molecule has 0 fully saturated rings. The minimum atomic E-state index is -0.121. The first-order valence-electron chi connectivity index (χ1n) is 8.09. The fourth-order valence-corrected chi connectivity index (χ4v) is 3.80. The summed E-state index contributed by atoms with van der Waals surface area (Å²) < 4.78 is 16.6. The van der Waals surface area contributed by atoms with E-state index in [4.69, 9.17) is 25.8 Å². The lowest BCUT2D eigenvalue weighted by atomic mass is 9.76. The van der Waals surface area contributed by atoms with Crippen molar-refractivity contribution in [3.63, 3.8) is 0 Å². The number of carbonyl (C=O) groups excluding carboxylic acids is 1. The zero-order valence-electron chi connectivity index (χ0n) is 14.8. The summed E-state index contributed by atoms with van der Waals surface area (Å²) >= 11 is 6.22. The van der Waals surface area contributed by atoms with Crippen molar-refractivity contribution >= 4 is 17.4 Å². The number of carbonyl (C=O) groups is 1. The molecule has 1 unspecified atom stereocenters. The standard InChI is InChI=1S/C20H21ClO4/c1-11-5-6-13(21)9-15(11)16-10-14(22)7-12-8-17(23-2)19(24-3)20(25-4)18(12)16/h5-6,8-9,16H,7,10H2,1-4H3. The van der Waals surface area contributed by atoms with Crippen LogP contribution in [0.5, 0.6) is 17.2 Å². The maximum atomic E-state index is 12.4. The third-order valence-corrected chi connectivity index (χ3v) is 4.97. The van der Waals surface area contributed by atoms with E-state index in [1.165, 1.54) is 0 Å². The van der Waals surface area contributed by atoms with Crippen LogP contribution in [-0.4, -0.2) is 27.1 Å². The molecule has 1 aliphatic carbocycles. The van der Waals surface area contributed by atoms with Crippen molar-refractivity contribution in [2.45, 2.75) is 25.7 Å². The van der Waals surface area contributed by atoms with Gasteiger partial charge in [-0.15, -0.1) is 0 Å². The summed E-state index contributed by atoms with van der Waals surface area (Å²) in [4.78, 5) is 12.4. The monoisotopic (exact) mass is 360 g/mol. The van der Waals surface area contributed by atoms with Gasteiger partial charge in [-0.05, 0) is 41.8 Å². The molecule has 2 aromatic carbocycles. The molecular weight excluding hydrogens is 340 g/mol. The van der Waals surface area contributed by atoms with Gasteiger partial charge in [-0.2, -0.15) is 0 Å². The van der Waals surface area contributed by atoms with Gasteiger partial charge >= 0.3 is 0 Å². The Morgan fingerprint density at radius 2 is 1.76 bits per heavy atom. The molecule has 0 heterocycles. The molecule has 4 nitrogen and oxygen atoms in total. The van der Waals surface area contributed by atoms with Gasteiger partial charge in [-0.25, -0.2) is 0 Å². The summed E-state index contributed by atoms with van der Waals surface area (Å²) in [5, 5.41) is 0.652. The van der Waals surface area contributed by atoms with Crippen molar-refractivity contribution < 1.29 is 19.0 Å². The maximum Gasteiger partial charge on any atom is 0.203 e. The second kappa shape index (κ2) is 6.96. The topological polar surface area (TPSA) is 44.8 Å². The molecule has 132 valence electrons. The average molecular weight is 361 g/mol. The van der Waals surface area contributed by atoms with E-state index in [9.17, 15) is 4.79 Å². The second-order valence-electron chi connectivity index (χ2n) is 6.19. The molecule has 0 aliphatic heterocycles. The van der Waals surface area contributed by atoms with Crippen molar-refractivity contribution in [3.8, 4) is 17.2 Å². The number of ketones is 1. The zero-order chi connectivity index (χ0) is 18.1. The summed E-state index contributed by atoms with van der Waals surface area (Å²) in [7, 11) is 4.77. The Bertz CT molecular complexity index is 829. The highest BCUT2D eigenvalue weighted by Gasteiger charge is 2.34. The highest BCUT2D eigenvalue weighted by Crippen LogP contribution is 2.50. The van der Waals surface area contributed by atoms with Gasteiger partial charge in [0.05, 0.1) is 21.3 Å². The van der Waals surface area contributed by atoms with Crippen LogP contribution >= 0.6 is 11.6 Å². The van der Waals surface area contributed by atoms with Gasteiger partial charge in [0, 0.05) is 29.3 Å². The van der Waals surface area contributed by atoms with Crippen LogP contribution in [0.25, 0.3) is 0 Å². The molecule has 0 amide bonds. The number of Topliss-reactive ketones (excluding diaryl/α,β-unsaturated/α-hetero) is 1. The summed E-state index contributed by atoms with van der Waals surface area (Å²) in [6.07, 6.45) is 0.780. The van der Waals surface area contributed by atoms with Crippen LogP contribution in [0.15, 0.2) is 24.3 Å². The molecule has 0 saturated carbocycles. The second-order valence-corrected chi connectivity index (χ2v) is 6.63. The van der Waals surface area contributed by atoms with E-state index in [1.807, 2.05) is 31.2 Å². The molecule has 2 aromatic rings. The zero-order valence-corrected chi connectivity index (χ0v) is 15.6. The number of methoxy groups -OCH3 is 3. The number of rotatable bonds is 4. The smallest absolute Gasteiger partial charge is 0.203 e. The molecular formula is C20H21ClO4. The van der Waals surface area contributed by atoms with E-state index >= 15 is 0 Å². The number of halogens is 1. The van der Waals surface area contributed by atoms with E-state index in [0.717, 1.165) is 22.3 Å². The number of fused-ring (bicyclic) bond motifs is 1. The largest absolute Gasteiger partial charge is 0.493 e. The highest BCUT2D eigenvalue weighted by atomic mass is 35.5. The average Bonchev–Trinajstić information content (AvgIpc) is 2.61. The molecule has 0 radical (unpaired) electrons. The van der Waals surface area contributed by atoms with Gasteiger partial charge in [0.25, 0.3) is 0 Å². The van der Waals surface area contributed by atoms with Gasteiger partial charge in [-0.3, -0.25) is 4.79 Å². The van der Waals surface area contributed by atoms with Gasteiger partial charge in [0.1, 0.15) is 5.78 Å². The van der Waals surface area contributed by atoms with E-state index in [1.54, 1.807) is 21.3 Å². The van der Waals surface area contributed by atoms with E-state index in [2.05, 4.69) is 0 Å². The van der Waals surface area contributed by atoms with E-state index < -0.39 is 0 Å². The van der Waals surface area contributed by atoms with Crippen LogP contribution in [0, 0.1) is 6.92 Å². The molecule has 0 saturated heterocycles. The van der Waals surface area contributed by atoms with Gasteiger partial charge in [0.15, 0.2) is 11.5 Å². The number of aryl methyl sites for hydroxylation is 1.